The first-order chi connectivity index (χ1) is 8.31. The van der Waals surface area contributed by atoms with Crippen LogP contribution in [0.5, 0.6) is 5.75 Å². The first-order valence-electron chi connectivity index (χ1n) is 4.92. The zero-order valence-corrected chi connectivity index (χ0v) is 12.2. The number of carboxylic acid groups (broad SMARTS) is 2. The Balaban J connectivity index is 2.94. The molecule has 0 aliphatic carbocycles. The molecular formula is C11H10Br2O5. The Hall–Kier alpha value is -1.08. The predicted octanol–water partition coefficient (Wildman–Crippen LogP) is 2.64. The summed E-state index contributed by atoms with van der Waals surface area (Å²) in [4.78, 5) is 21.5. The number of hydrogen-bond acceptors (Lipinski definition) is 3. The van der Waals surface area contributed by atoms with Gasteiger partial charge in [0.1, 0.15) is 5.75 Å². The summed E-state index contributed by atoms with van der Waals surface area (Å²) >= 11 is 6.26. The monoisotopic (exact) mass is 380 g/mol. The van der Waals surface area contributed by atoms with Gasteiger partial charge in [-0.25, -0.2) is 0 Å². The van der Waals surface area contributed by atoms with Gasteiger partial charge in [0.05, 0.1) is 21.3 Å². The highest BCUT2D eigenvalue weighted by Crippen LogP contribution is 2.34. The number of rotatable bonds is 5. The van der Waals surface area contributed by atoms with Crippen LogP contribution in [-0.4, -0.2) is 27.3 Å². The average Bonchev–Trinajstić information content (AvgIpc) is 2.24. The number of benzene rings is 1. The molecule has 0 spiro atoms. The summed E-state index contributed by atoms with van der Waals surface area (Å²) in [5, 5.41) is 27.1. The van der Waals surface area contributed by atoms with Crippen LogP contribution in [0.3, 0.4) is 0 Å². The van der Waals surface area contributed by atoms with Crippen molar-refractivity contribution in [2.75, 3.05) is 0 Å². The Morgan fingerprint density at radius 1 is 1.17 bits per heavy atom. The van der Waals surface area contributed by atoms with E-state index in [0.717, 1.165) is 0 Å². The van der Waals surface area contributed by atoms with Gasteiger partial charge in [-0.2, -0.15) is 0 Å². The molecule has 18 heavy (non-hydrogen) atoms. The first kappa shape index (κ1) is 15.0. The van der Waals surface area contributed by atoms with Gasteiger partial charge in [-0.15, -0.1) is 0 Å². The van der Waals surface area contributed by atoms with Crippen LogP contribution in [0.4, 0.5) is 0 Å². The highest BCUT2D eigenvalue weighted by molar-refractivity contribution is 9.11. The average molecular weight is 382 g/mol. The fourth-order valence-electron chi connectivity index (χ4n) is 1.48. The number of aromatic hydroxyl groups is 1. The molecule has 1 aromatic carbocycles. The molecule has 7 heteroatoms. The summed E-state index contributed by atoms with van der Waals surface area (Å²) in [5.41, 5.74) is 0.625. The van der Waals surface area contributed by atoms with Crippen LogP contribution in [0.25, 0.3) is 0 Å². The molecule has 5 nitrogen and oxygen atoms in total. The molecule has 1 rings (SSSR count). The molecule has 0 fully saturated rings. The molecule has 0 bridgehead atoms. The SMILES string of the molecule is O=C(O)CC(Cc1cc(Br)c(O)c(Br)c1)C(=O)O. The zero-order valence-electron chi connectivity index (χ0n) is 9.06. The highest BCUT2D eigenvalue weighted by Gasteiger charge is 2.22. The van der Waals surface area contributed by atoms with Crippen LogP contribution in [-0.2, 0) is 16.0 Å². The van der Waals surface area contributed by atoms with Crippen molar-refractivity contribution >= 4 is 43.8 Å². The smallest absolute Gasteiger partial charge is 0.307 e. The second-order valence-electron chi connectivity index (χ2n) is 3.75. The minimum absolute atomic E-state index is 0.0175. The molecule has 0 heterocycles. The van der Waals surface area contributed by atoms with Gasteiger partial charge < -0.3 is 15.3 Å². The first-order valence-corrected chi connectivity index (χ1v) is 6.51. The third-order valence-electron chi connectivity index (χ3n) is 2.33. The van der Waals surface area contributed by atoms with E-state index >= 15 is 0 Å². The summed E-state index contributed by atoms with van der Waals surface area (Å²) in [5.74, 6) is -3.29. The van der Waals surface area contributed by atoms with Crippen molar-refractivity contribution in [1.82, 2.24) is 0 Å². The number of carboxylic acids is 2. The minimum atomic E-state index is -1.15. The maximum absolute atomic E-state index is 10.9. The van der Waals surface area contributed by atoms with Crippen LogP contribution < -0.4 is 0 Å². The Morgan fingerprint density at radius 3 is 2.06 bits per heavy atom. The predicted molar refractivity (Wildman–Crippen MR) is 70.6 cm³/mol. The van der Waals surface area contributed by atoms with E-state index in [1.54, 1.807) is 12.1 Å². The molecule has 0 aliphatic rings. The molecular weight excluding hydrogens is 372 g/mol. The van der Waals surface area contributed by atoms with Crippen molar-refractivity contribution in [2.24, 2.45) is 5.92 Å². The van der Waals surface area contributed by atoms with E-state index in [1.807, 2.05) is 0 Å². The maximum Gasteiger partial charge on any atom is 0.307 e. The standard InChI is InChI=1S/C11H10Br2O5/c12-7-2-5(3-8(13)10(7)16)1-6(11(17)18)4-9(14)15/h2-3,6,16H,1,4H2,(H,14,15)(H,17,18). The fourth-order valence-corrected chi connectivity index (χ4v) is 2.76. The number of halogens is 2. The van der Waals surface area contributed by atoms with E-state index in [9.17, 15) is 14.7 Å². The van der Waals surface area contributed by atoms with E-state index in [2.05, 4.69) is 31.9 Å². The van der Waals surface area contributed by atoms with Gasteiger partial charge in [-0.3, -0.25) is 9.59 Å². The van der Waals surface area contributed by atoms with E-state index in [0.29, 0.717) is 14.5 Å². The van der Waals surface area contributed by atoms with Crippen LogP contribution in [0, 0.1) is 5.92 Å². The summed E-state index contributed by atoms with van der Waals surface area (Å²) in [6.45, 7) is 0. The highest BCUT2D eigenvalue weighted by atomic mass is 79.9. The molecule has 3 N–H and O–H groups in total. The summed E-state index contributed by atoms with van der Waals surface area (Å²) < 4.78 is 0.845. The van der Waals surface area contributed by atoms with Gasteiger partial charge in [0.25, 0.3) is 0 Å². The van der Waals surface area contributed by atoms with Crippen molar-refractivity contribution in [2.45, 2.75) is 12.8 Å². The zero-order chi connectivity index (χ0) is 13.9. The normalized spacial score (nSPS) is 12.1. The fraction of sp³-hybridized carbons (Fsp3) is 0.273. The molecule has 0 aliphatic heterocycles. The van der Waals surface area contributed by atoms with Crippen LogP contribution in [0.1, 0.15) is 12.0 Å². The van der Waals surface area contributed by atoms with Crippen LogP contribution >= 0.6 is 31.9 Å². The van der Waals surface area contributed by atoms with E-state index < -0.39 is 24.3 Å². The summed E-state index contributed by atoms with van der Waals surface area (Å²) in [6.07, 6.45) is -0.357. The number of carbonyl (C=O) groups is 2. The number of phenolic OH excluding ortho intramolecular Hbond substituents is 1. The second kappa shape index (κ2) is 6.19. The van der Waals surface area contributed by atoms with Crippen molar-refractivity contribution in [3.8, 4) is 5.75 Å². The number of aliphatic carboxylic acids is 2. The molecule has 0 aromatic heterocycles. The molecule has 1 aromatic rings. The van der Waals surface area contributed by atoms with E-state index in [4.69, 9.17) is 10.2 Å². The Kier molecular flexibility index (Phi) is 5.15. The minimum Gasteiger partial charge on any atom is -0.506 e. The van der Waals surface area contributed by atoms with Gasteiger partial charge in [0.15, 0.2) is 0 Å². The molecule has 1 unspecified atom stereocenters. The second-order valence-corrected chi connectivity index (χ2v) is 5.45. The van der Waals surface area contributed by atoms with E-state index in [1.165, 1.54) is 0 Å². The molecule has 1 atom stereocenters. The quantitative estimate of drug-likeness (QED) is 0.728. The molecule has 98 valence electrons. The van der Waals surface area contributed by atoms with E-state index in [-0.39, 0.29) is 12.2 Å². The maximum atomic E-state index is 10.9. The van der Waals surface area contributed by atoms with Gasteiger partial charge in [-0.1, -0.05) is 0 Å². The van der Waals surface area contributed by atoms with Gasteiger partial charge >= 0.3 is 11.9 Å². The van der Waals surface area contributed by atoms with Crippen LogP contribution in [0.2, 0.25) is 0 Å². The number of phenols is 1. The topological polar surface area (TPSA) is 94.8 Å². The number of hydrogen-bond donors (Lipinski definition) is 3. The molecule has 0 saturated heterocycles. The molecule has 0 radical (unpaired) electrons. The lowest BCUT2D eigenvalue weighted by Gasteiger charge is -2.11. The summed E-state index contributed by atoms with van der Waals surface area (Å²) in [7, 11) is 0. The largest absolute Gasteiger partial charge is 0.506 e. The third-order valence-corrected chi connectivity index (χ3v) is 3.54. The van der Waals surface area contributed by atoms with Crippen molar-refractivity contribution in [3.63, 3.8) is 0 Å². The molecule has 0 amide bonds. The third kappa shape index (κ3) is 3.99. The van der Waals surface area contributed by atoms with Crippen molar-refractivity contribution in [3.05, 3.63) is 26.6 Å². The van der Waals surface area contributed by atoms with Crippen molar-refractivity contribution in [1.29, 1.82) is 0 Å². The Bertz CT molecular complexity index is 463. The lowest BCUT2D eigenvalue weighted by molar-refractivity contribution is -0.148. The lowest BCUT2D eigenvalue weighted by atomic mass is 9.96. The lowest BCUT2D eigenvalue weighted by Crippen LogP contribution is -2.20. The van der Waals surface area contributed by atoms with Gasteiger partial charge in [0, 0.05) is 0 Å². The van der Waals surface area contributed by atoms with Crippen LogP contribution in [0.15, 0.2) is 21.1 Å². The Labute approximate surface area is 120 Å². The Morgan fingerprint density at radius 2 is 1.67 bits per heavy atom. The van der Waals surface area contributed by atoms with Crippen molar-refractivity contribution < 1.29 is 24.9 Å². The van der Waals surface area contributed by atoms with Gasteiger partial charge in [-0.05, 0) is 56.0 Å². The molecule has 0 saturated carbocycles. The summed E-state index contributed by atoms with van der Waals surface area (Å²) in [6, 6.07) is 3.13. The van der Waals surface area contributed by atoms with Gasteiger partial charge in [0.2, 0.25) is 0 Å².